The minimum Gasteiger partial charge on any atom is -0.481 e. The molecule has 2 atom stereocenters. The standard InChI is InChI=1S/C21H40O5/c1-4-5-12-15-18(25-2)16-13-10-8-6-7-9-11-14-17-19(20(22)23)21(24)26-3/h18-19H,4-17H2,1-3H3,(H,22,23). The van der Waals surface area contributed by atoms with Crippen LogP contribution in [0.25, 0.3) is 0 Å². The fourth-order valence-electron chi connectivity index (χ4n) is 3.27. The zero-order valence-corrected chi connectivity index (χ0v) is 17.1. The van der Waals surface area contributed by atoms with E-state index in [1.54, 1.807) is 0 Å². The highest BCUT2D eigenvalue weighted by Gasteiger charge is 2.26. The first kappa shape index (κ1) is 24.9. The summed E-state index contributed by atoms with van der Waals surface area (Å²) in [5.41, 5.74) is 0. The van der Waals surface area contributed by atoms with E-state index in [4.69, 9.17) is 9.84 Å². The van der Waals surface area contributed by atoms with Gasteiger partial charge in [0, 0.05) is 7.11 Å². The molecule has 0 rings (SSSR count). The van der Waals surface area contributed by atoms with E-state index in [1.807, 2.05) is 7.11 Å². The summed E-state index contributed by atoms with van der Waals surface area (Å²) in [6.07, 6.45) is 16.0. The number of carboxylic acid groups (broad SMARTS) is 1. The van der Waals surface area contributed by atoms with E-state index in [2.05, 4.69) is 11.7 Å². The predicted octanol–water partition coefficient (Wildman–Crippen LogP) is 5.36. The van der Waals surface area contributed by atoms with Crippen molar-refractivity contribution in [1.29, 1.82) is 0 Å². The topological polar surface area (TPSA) is 72.8 Å². The van der Waals surface area contributed by atoms with Gasteiger partial charge in [0.2, 0.25) is 0 Å². The molecule has 0 aromatic rings. The molecule has 0 aromatic carbocycles. The molecule has 1 N–H and O–H groups in total. The molecule has 0 radical (unpaired) electrons. The molecular weight excluding hydrogens is 332 g/mol. The summed E-state index contributed by atoms with van der Waals surface area (Å²) < 4.78 is 10.1. The number of ether oxygens (including phenoxy) is 2. The van der Waals surface area contributed by atoms with Gasteiger partial charge in [-0.1, -0.05) is 77.6 Å². The maximum atomic E-state index is 11.4. The van der Waals surface area contributed by atoms with Gasteiger partial charge < -0.3 is 14.6 Å². The van der Waals surface area contributed by atoms with Crippen LogP contribution in [0.1, 0.15) is 96.8 Å². The maximum absolute atomic E-state index is 11.4. The molecule has 154 valence electrons. The summed E-state index contributed by atoms with van der Waals surface area (Å²) in [5, 5.41) is 9.01. The van der Waals surface area contributed by atoms with Crippen LogP contribution in [0.4, 0.5) is 0 Å². The second-order valence-electron chi connectivity index (χ2n) is 7.17. The van der Waals surface area contributed by atoms with Gasteiger partial charge in [-0.25, -0.2) is 0 Å². The highest BCUT2D eigenvalue weighted by atomic mass is 16.5. The number of carbonyl (C=O) groups excluding carboxylic acids is 1. The summed E-state index contributed by atoms with van der Waals surface area (Å²) in [7, 11) is 3.06. The number of unbranched alkanes of at least 4 members (excludes halogenated alkanes) is 9. The molecule has 5 nitrogen and oxygen atoms in total. The van der Waals surface area contributed by atoms with Crippen molar-refractivity contribution in [2.75, 3.05) is 14.2 Å². The van der Waals surface area contributed by atoms with Crippen LogP contribution in [0.15, 0.2) is 0 Å². The zero-order chi connectivity index (χ0) is 19.6. The van der Waals surface area contributed by atoms with Crippen LogP contribution in [-0.2, 0) is 19.1 Å². The summed E-state index contributed by atoms with van der Waals surface area (Å²) in [6.45, 7) is 2.23. The van der Waals surface area contributed by atoms with Gasteiger partial charge >= 0.3 is 11.9 Å². The number of carboxylic acids is 1. The van der Waals surface area contributed by atoms with Gasteiger partial charge in [-0.15, -0.1) is 0 Å². The van der Waals surface area contributed by atoms with Crippen LogP contribution in [0, 0.1) is 5.92 Å². The van der Waals surface area contributed by atoms with Gasteiger partial charge in [-0.3, -0.25) is 9.59 Å². The lowest BCUT2D eigenvalue weighted by Gasteiger charge is -2.14. The second-order valence-corrected chi connectivity index (χ2v) is 7.17. The highest BCUT2D eigenvalue weighted by molar-refractivity contribution is 5.93. The first-order valence-electron chi connectivity index (χ1n) is 10.4. The van der Waals surface area contributed by atoms with E-state index in [0.29, 0.717) is 12.5 Å². The molecule has 0 aliphatic carbocycles. The average Bonchev–Trinajstić information content (AvgIpc) is 2.63. The normalized spacial score (nSPS) is 13.3. The van der Waals surface area contributed by atoms with E-state index in [1.165, 1.54) is 71.3 Å². The minimum absolute atomic E-state index is 0.373. The molecule has 0 spiro atoms. The van der Waals surface area contributed by atoms with E-state index in [0.717, 1.165) is 19.3 Å². The minimum atomic E-state index is -1.08. The Hall–Kier alpha value is -1.10. The van der Waals surface area contributed by atoms with Crippen LogP contribution in [0.5, 0.6) is 0 Å². The van der Waals surface area contributed by atoms with E-state index in [-0.39, 0.29) is 0 Å². The molecule has 0 heterocycles. The first-order valence-corrected chi connectivity index (χ1v) is 10.4. The van der Waals surface area contributed by atoms with Gasteiger partial charge in [0.25, 0.3) is 0 Å². The van der Waals surface area contributed by atoms with Crippen LogP contribution >= 0.6 is 0 Å². The summed E-state index contributed by atoms with van der Waals surface area (Å²) >= 11 is 0. The summed E-state index contributed by atoms with van der Waals surface area (Å²) in [6, 6.07) is 0. The number of esters is 1. The largest absolute Gasteiger partial charge is 0.481 e. The molecule has 0 amide bonds. The van der Waals surface area contributed by atoms with E-state index < -0.39 is 17.9 Å². The van der Waals surface area contributed by atoms with Crippen molar-refractivity contribution in [3.8, 4) is 0 Å². The third-order valence-corrected chi connectivity index (χ3v) is 5.02. The molecule has 0 fully saturated rings. The van der Waals surface area contributed by atoms with Gasteiger partial charge in [0.05, 0.1) is 13.2 Å². The number of hydrogen-bond donors (Lipinski definition) is 1. The second kappa shape index (κ2) is 17.3. The Morgan fingerprint density at radius 3 is 1.65 bits per heavy atom. The van der Waals surface area contributed by atoms with E-state index in [9.17, 15) is 9.59 Å². The molecule has 26 heavy (non-hydrogen) atoms. The predicted molar refractivity (Wildman–Crippen MR) is 104 cm³/mol. The van der Waals surface area contributed by atoms with Gasteiger partial charge in [0.1, 0.15) is 0 Å². The summed E-state index contributed by atoms with van der Waals surface area (Å²) in [4.78, 5) is 22.4. The van der Waals surface area contributed by atoms with Crippen LogP contribution < -0.4 is 0 Å². The van der Waals surface area contributed by atoms with Crippen molar-refractivity contribution >= 4 is 11.9 Å². The lowest BCUT2D eigenvalue weighted by atomic mass is 9.99. The Morgan fingerprint density at radius 1 is 0.769 bits per heavy atom. The Balaban J connectivity index is 3.53. The third-order valence-electron chi connectivity index (χ3n) is 5.02. The van der Waals surface area contributed by atoms with Crippen molar-refractivity contribution in [1.82, 2.24) is 0 Å². The molecular formula is C21H40O5. The Morgan fingerprint density at radius 2 is 1.23 bits per heavy atom. The fraction of sp³-hybridized carbons (Fsp3) is 0.905. The molecule has 0 aliphatic heterocycles. The molecule has 0 bridgehead atoms. The third kappa shape index (κ3) is 13.2. The SMILES string of the molecule is CCCCCC(CCCCCCCCCCC(C(=O)O)C(=O)OC)OC. The first-order chi connectivity index (χ1) is 12.6. The highest BCUT2D eigenvalue weighted by Crippen LogP contribution is 2.17. The van der Waals surface area contributed by atoms with Crippen molar-refractivity contribution in [2.24, 2.45) is 5.92 Å². The lowest BCUT2D eigenvalue weighted by molar-refractivity contribution is -0.157. The van der Waals surface area contributed by atoms with Crippen LogP contribution in [0.2, 0.25) is 0 Å². The fourth-order valence-corrected chi connectivity index (χ4v) is 3.27. The number of methoxy groups -OCH3 is 2. The smallest absolute Gasteiger partial charge is 0.320 e. The molecule has 2 unspecified atom stereocenters. The molecule has 0 aromatic heterocycles. The number of hydrogen-bond acceptors (Lipinski definition) is 4. The van der Waals surface area contributed by atoms with Gasteiger partial charge in [0.15, 0.2) is 5.92 Å². The van der Waals surface area contributed by atoms with Crippen molar-refractivity contribution in [3.63, 3.8) is 0 Å². The van der Waals surface area contributed by atoms with Crippen molar-refractivity contribution in [2.45, 2.75) is 103 Å². The van der Waals surface area contributed by atoms with Crippen molar-refractivity contribution < 1.29 is 24.2 Å². The molecule has 5 heteroatoms. The number of carbonyl (C=O) groups is 2. The van der Waals surface area contributed by atoms with E-state index >= 15 is 0 Å². The Kier molecular flexibility index (Phi) is 16.6. The Labute approximate surface area is 159 Å². The number of aliphatic carboxylic acids is 1. The Bertz CT molecular complexity index is 356. The van der Waals surface area contributed by atoms with Crippen molar-refractivity contribution in [3.05, 3.63) is 0 Å². The summed E-state index contributed by atoms with van der Waals surface area (Å²) in [5.74, 6) is -2.73. The molecule has 0 saturated heterocycles. The van der Waals surface area contributed by atoms with Gasteiger partial charge in [-0.05, 0) is 19.3 Å². The quantitative estimate of drug-likeness (QED) is 0.199. The molecule has 0 saturated carbocycles. The lowest BCUT2D eigenvalue weighted by Crippen LogP contribution is -2.24. The zero-order valence-electron chi connectivity index (χ0n) is 17.1. The monoisotopic (exact) mass is 372 g/mol. The van der Waals surface area contributed by atoms with Crippen LogP contribution in [-0.4, -0.2) is 37.4 Å². The molecule has 0 aliphatic rings. The number of rotatable bonds is 18. The maximum Gasteiger partial charge on any atom is 0.320 e. The van der Waals surface area contributed by atoms with Gasteiger partial charge in [-0.2, -0.15) is 0 Å². The average molecular weight is 373 g/mol. The van der Waals surface area contributed by atoms with Crippen LogP contribution in [0.3, 0.4) is 0 Å².